The van der Waals surface area contributed by atoms with Gasteiger partial charge in [0.1, 0.15) is 0 Å². The largest absolute Gasteiger partial charge is 0.266 e. The molecule has 3 fully saturated rings. The Hall–Kier alpha value is -0.690. The van der Waals surface area contributed by atoms with Crippen LogP contribution in [0.3, 0.4) is 0 Å². The van der Waals surface area contributed by atoms with E-state index in [0.29, 0.717) is 12.3 Å². The van der Waals surface area contributed by atoms with E-state index in [1.165, 1.54) is 0 Å². The third-order valence-corrected chi connectivity index (χ3v) is 5.73. The van der Waals surface area contributed by atoms with Gasteiger partial charge in [-0.2, -0.15) is 8.42 Å². The lowest BCUT2D eigenvalue weighted by Crippen LogP contribution is -2.46. The van der Waals surface area contributed by atoms with Crippen molar-refractivity contribution in [1.29, 1.82) is 0 Å². The highest BCUT2D eigenvalue weighted by molar-refractivity contribution is 7.86. The molecule has 0 aromatic rings. The highest BCUT2D eigenvalue weighted by Crippen LogP contribution is 2.64. The van der Waals surface area contributed by atoms with Gasteiger partial charge < -0.3 is 0 Å². The van der Waals surface area contributed by atoms with Crippen LogP contribution in [0.5, 0.6) is 0 Å². The summed E-state index contributed by atoms with van der Waals surface area (Å²) in [4.78, 5) is 11.1. The molecule has 102 valence electrons. The van der Waals surface area contributed by atoms with Crippen LogP contribution >= 0.6 is 0 Å². The second kappa shape index (κ2) is 3.45. The highest BCUT2D eigenvalue weighted by Gasteiger charge is 2.70. The molecule has 6 atom stereocenters. The fourth-order valence-corrected chi connectivity index (χ4v) is 5.38. The zero-order valence-corrected chi connectivity index (χ0v) is 11.2. The Morgan fingerprint density at radius 3 is 2.56 bits per heavy atom. The summed E-state index contributed by atoms with van der Waals surface area (Å²) in [6.45, 7) is 1.65. The Morgan fingerprint density at radius 2 is 2.00 bits per heavy atom. The third kappa shape index (κ3) is 1.53. The van der Waals surface area contributed by atoms with Crippen LogP contribution < -0.4 is 0 Å². The zero-order chi connectivity index (χ0) is 13.3. The fraction of sp³-hybridized carbons (Fsp3) is 1.00. The number of rotatable bonds is 3. The standard InChI is InChI=1S/C11H17NO5S/c1-11(12(13)14)5-7-3-6-4-8(7)9(11)10(6)17-18(2,15)16/h6-10H,3-5H2,1-2H3/t6-,7-,8-,9+,10-,11+/m0/s1. The first kappa shape index (κ1) is 12.3. The first-order chi connectivity index (χ1) is 8.22. The second-order valence-electron chi connectivity index (χ2n) is 6.26. The van der Waals surface area contributed by atoms with Crippen LogP contribution in [0.15, 0.2) is 0 Å². The van der Waals surface area contributed by atoms with E-state index in [9.17, 15) is 18.5 Å². The van der Waals surface area contributed by atoms with Crippen molar-refractivity contribution < 1.29 is 17.5 Å². The molecule has 0 spiro atoms. The monoisotopic (exact) mass is 275 g/mol. The molecule has 0 aromatic carbocycles. The first-order valence-corrected chi connectivity index (χ1v) is 8.07. The maximum atomic E-state index is 11.3. The Labute approximate surface area is 106 Å². The molecule has 3 rings (SSSR count). The minimum Gasteiger partial charge on any atom is -0.266 e. The summed E-state index contributed by atoms with van der Waals surface area (Å²) in [5.41, 5.74) is -1.02. The van der Waals surface area contributed by atoms with E-state index >= 15 is 0 Å². The molecule has 0 N–H and O–H groups in total. The summed E-state index contributed by atoms with van der Waals surface area (Å²) in [6, 6.07) is 0. The van der Waals surface area contributed by atoms with Crippen LogP contribution in [0, 0.1) is 33.8 Å². The van der Waals surface area contributed by atoms with Crippen molar-refractivity contribution >= 4 is 10.1 Å². The smallest absolute Gasteiger partial charge is 0.264 e. The predicted octanol–water partition coefficient (Wildman–Crippen LogP) is 1.04. The molecule has 0 aromatic heterocycles. The van der Waals surface area contributed by atoms with Crippen LogP contribution in [0.25, 0.3) is 0 Å². The number of nitro groups is 1. The molecule has 3 saturated carbocycles. The number of hydrogen-bond donors (Lipinski definition) is 0. The molecular weight excluding hydrogens is 258 g/mol. The van der Waals surface area contributed by atoms with Crippen molar-refractivity contribution in [3.63, 3.8) is 0 Å². The van der Waals surface area contributed by atoms with Crippen molar-refractivity contribution in [3.05, 3.63) is 10.1 Å². The molecule has 6 nitrogen and oxygen atoms in total. The summed E-state index contributed by atoms with van der Waals surface area (Å²) in [5.74, 6) is 0.597. The molecule has 18 heavy (non-hydrogen) atoms. The van der Waals surface area contributed by atoms with Gasteiger partial charge in [-0.15, -0.1) is 0 Å². The average Bonchev–Trinajstić information content (AvgIpc) is 2.75. The lowest BCUT2D eigenvalue weighted by molar-refractivity contribution is -0.575. The SMILES string of the molecule is C[C@@]1([N+](=O)[O-])C[C@@H]2C[C@H]3C[C@@H]2[C@@H]1[C@H]3OS(C)(=O)=O. The third-order valence-electron chi connectivity index (χ3n) is 5.16. The van der Waals surface area contributed by atoms with Gasteiger partial charge in [0.05, 0.1) is 18.3 Å². The first-order valence-electron chi connectivity index (χ1n) is 6.25. The lowest BCUT2D eigenvalue weighted by atomic mass is 9.81. The molecule has 0 unspecified atom stereocenters. The Morgan fingerprint density at radius 1 is 1.33 bits per heavy atom. The van der Waals surface area contributed by atoms with Gasteiger partial charge in [0.2, 0.25) is 5.54 Å². The summed E-state index contributed by atoms with van der Waals surface area (Å²) in [7, 11) is -3.55. The quantitative estimate of drug-likeness (QED) is 0.436. The van der Waals surface area contributed by atoms with Gasteiger partial charge in [0.25, 0.3) is 10.1 Å². The second-order valence-corrected chi connectivity index (χ2v) is 7.87. The topological polar surface area (TPSA) is 86.5 Å². The van der Waals surface area contributed by atoms with Crippen molar-refractivity contribution in [2.75, 3.05) is 6.26 Å². The van der Waals surface area contributed by atoms with E-state index in [1.807, 2.05) is 0 Å². The van der Waals surface area contributed by atoms with Crippen LogP contribution in [0.1, 0.15) is 26.2 Å². The average molecular weight is 275 g/mol. The van der Waals surface area contributed by atoms with Crippen LogP contribution in [-0.4, -0.2) is 31.2 Å². The molecule has 2 bridgehead atoms. The van der Waals surface area contributed by atoms with E-state index in [2.05, 4.69) is 0 Å². The van der Waals surface area contributed by atoms with E-state index in [-0.39, 0.29) is 22.7 Å². The van der Waals surface area contributed by atoms with Crippen LogP contribution in [-0.2, 0) is 14.3 Å². The Kier molecular flexibility index (Phi) is 2.36. The van der Waals surface area contributed by atoms with Crippen molar-refractivity contribution in [1.82, 2.24) is 0 Å². The Bertz CT molecular complexity index is 502. The lowest BCUT2D eigenvalue weighted by Gasteiger charge is -2.30. The highest BCUT2D eigenvalue weighted by atomic mass is 32.2. The van der Waals surface area contributed by atoms with Crippen molar-refractivity contribution in [3.8, 4) is 0 Å². The zero-order valence-electron chi connectivity index (χ0n) is 10.4. The van der Waals surface area contributed by atoms with E-state index in [0.717, 1.165) is 19.1 Å². The molecule has 0 heterocycles. The number of hydrogen-bond acceptors (Lipinski definition) is 5. The van der Waals surface area contributed by atoms with Gasteiger partial charge in [0.15, 0.2) is 0 Å². The number of fused-ring (bicyclic) bond motifs is 1. The van der Waals surface area contributed by atoms with E-state index in [4.69, 9.17) is 4.18 Å². The molecule has 0 radical (unpaired) electrons. The van der Waals surface area contributed by atoms with Gasteiger partial charge in [-0.25, -0.2) is 0 Å². The van der Waals surface area contributed by atoms with Crippen LogP contribution in [0.2, 0.25) is 0 Å². The van der Waals surface area contributed by atoms with Gasteiger partial charge in [-0.05, 0) is 30.6 Å². The van der Waals surface area contributed by atoms with Gasteiger partial charge in [-0.1, -0.05) is 0 Å². The van der Waals surface area contributed by atoms with Crippen molar-refractivity contribution in [2.24, 2.45) is 23.7 Å². The number of nitrogens with zero attached hydrogens (tertiary/aromatic N) is 1. The molecule has 3 aliphatic carbocycles. The van der Waals surface area contributed by atoms with Gasteiger partial charge in [0, 0.05) is 18.3 Å². The van der Waals surface area contributed by atoms with E-state index < -0.39 is 21.8 Å². The summed E-state index contributed by atoms with van der Waals surface area (Å²) in [5, 5.41) is 11.3. The van der Waals surface area contributed by atoms with Crippen molar-refractivity contribution in [2.45, 2.75) is 37.8 Å². The molecule has 0 saturated heterocycles. The van der Waals surface area contributed by atoms with Gasteiger partial charge in [-0.3, -0.25) is 14.3 Å². The summed E-state index contributed by atoms with van der Waals surface area (Å²) < 4.78 is 27.8. The van der Waals surface area contributed by atoms with Crippen LogP contribution in [0.4, 0.5) is 0 Å². The minimum atomic E-state index is -3.55. The Balaban J connectivity index is 1.96. The molecule has 0 aliphatic heterocycles. The normalized spacial score (nSPS) is 49.8. The summed E-state index contributed by atoms with van der Waals surface area (Å²) >= 11 is 0. The predicted molar refractivity (Wildman–Crippen MR) is 62.9 cm³/mol. The minimum absolute atomic E-state index is 0.182. The molecular formula is C11H17NO5S. The van der Waals surface area contributed by atoms with E-state index in [1.54, 1.807) is 6.92 Å². The summed E-state index contributed by atoms with van der Waals surface area (Å²) in [6.07, 6.45) is 2.87. The maximum absolute atomic E-state index is 11.3. The maximum Gasteiger partial charge on any atom is 0.264 e. The van der Waals surface area contributed by atoms with Gasteiger partial charge >= 0.3 is 0 Å². The molecule has 7 heteroatoms. The molecule has 3 aliphatic rings. The fourth-order valence-electron chi connectivity index (χ4n) is 4.70. The molecule has 0 amide bonds.